The van der Waals surface area contributed by atoms with Gasteiger partial charge in [-0.3, -0.25) is 9.59 Å². The quantitative estimate of drug-likeness (QED) is 0.558. The van der Waals surface area contributed by atoms with Crippen molar-refractivity contribution >= 4 is 50.8 Å². The Hall–Kier alpha value is -2.17. The van der Waals surface area contributed by atoms with Crippen molar-refractivity contribution < 1.29 is 29.2 Å². The minimum atomic E-state index is -4.31. The molecule has 1 atom stereocenters. The Labute approximate surface area is 172 Å². The van der Waals surface area contributed by atoms with Crippen LogP contribution >= 0.6 is 23.2 Å². The SMILES string of the molecule is [2H]c1cc(NC(=O)c2ccc(Cl)cc2Cl)ccc1S(=O)(=O)N[C@@H](CO)C(=O)OC. The first-order valence-electron chi connectivity index (χ1n) is 8.17. The molecule has 28 heavy (non-hydrogen) atoms. The van der Waals surface area contributed by atoms with Crippen LogP contribution in [0.25, 0.3) is 0 Å². The lowest BCUT2D eigenvalue weighted by atomic mass is 10.2. The monoisotopic (exact) mass is 447 g/mol. The molecule has 1 amide bonds. The van der Waals surface area contributed by atoms with E-state index >= 15 is 0 Å². The van der Waals surface area contributed by atoms with E-state index in [4.69, 9.17) is 29.7 Å². The number of aliphatic hydroxyl groups excluding tert-OH is 1. The summed E-state index contributed by atoms with van der Waals surface area (Å²) in [5.41, 5.74) is 0.293. The zero-order chi connectivity index (χ0) is 21.8. The number of ether oxygens (including phenoxy) is 1. The molecule has 0 aromatic heterocycles. The number of sulfonamides is 1. The molecule has 0 aliphatic rings. The summed E-state index contributed by atoms with van der Waals surface area (Å²) in [5.74, 6) is -1.56. The first-order chi connectivity index (χ1) is 13.6. The van der Waals surface area contributed by atoms with Crippen molar-refractivity contribution in [3.05, 3.63) is 58.0 Å². The molecule has 11 heteroatoms. The number of aliphatic hydroxyl groups is 1. The molecule has 0 bridgehead atoms. The lowest BCUT2D eigenvalue weighted by Crippen LogP contribution is -2.43. The van der Waals surface area contributed by atoms with E-state index in [2.05, 4.69) is 10.1 Å². The van der Waals surface area contributed by atoms with Gasteiger partial charge in [-0.05, 0) is 42.4 Å². The molecule has 2 rings (SSSR count). The Morgan fingerprint density at radius 1 is 1.25 bits per heavy atom. The summed E-state index contributed by atoms with van der Waals surface area (Å²) in [7, 11) is -3.27. The van der Waals surface area contributed by atoms with Gasteiger partial charge in [-0.2, -0.15) is 4.72 Å². The van der Waals surface area contributed by atoms with Crippen LogP contribution in [0.1, 0.15) is 11.7 Å². The third-order valence-electron chi connectivity index (χ3n) is 3.47. The van der Waals surface area contributed by atoms with Crippen molar-refractivity contribution in [3.8, 4) is 0 Å². The Bertz CT molecular complexity index is 1050. The predicted octanol–water partition coefficient (Wildman–Crippen LogP) is 2.06. The molecule has 0 unspecified atom stereocenters. The molecule has 150 valence electrons. The standard InChI is InChI=1S/C17H16Cl2N2O6S/c1-27-17(24)15(9-22)21-28(25,26)12-5-3-11(4-6-12)20-16(23)13-7-2-10(18)8-14(13)19/h2-8,15,21-22H,9H2,1H3,(H,20,23)/t15-/m0/s1/i5D. The highest BCUT2D eigenvalue weighted by atomic mass is 35.5. The number of amides is 1. The fourth-order valence-electron chi connectivity index (χ4n) is 2.08. The van der Waals surface area contributed by atoms with Gasteiger partial charge in [0.25, 0.3) is 5.91 Å². The molecule has 2 aromatic rings. The summed E-state index contributed by atoms with van der Waals surface area (Å²) in [6.07, 6.45) is 0. The molecule has 8 nitrogen and oxygen atoms in total. The number of methoxy groups -OCH3 is 1. The number of esters is 1. The molecule has 0 aliphatic heterocycles. The normalized spacial score (nSPS) is 12.8. The number of anilines is 1. The molecular formula is C17H16Cl2N2O6S. The number of benzene rings is 2. The van der Waals surface area contributed by atoms with Gasteiger partial charge in [0.1, 0.15) is 6.04 Å². The zero-order valence-electron chi connectivity index (χ0n) is 15.4. The Kier molecular flexibility index (Phi) is 6.87. The van der Waals surface area contributed by atoms with Crippen LogP contribution in [0, 0.1) is 0 Å². The lowest BCUT2D eigenvalue weighted by Gasteiger charge is -2.14. The minimum absolute atomic E-state index is 0.127. The topological polar surface area (TPSA) is 122 Å². The number of nitrogens with one attached hydrogen (secondary N) is 2. The van der Waals surface area contributed by atoms with Crippen LogP contribution in [0.2, 0.25) is 10.0 Å². The maximum atomic E-state index is 12.4. The van der Waals surface area contributed by atoms with Gasteiger partial charge in [0.15, 0.2) is 0 Å². The molecular weight excluding hydrogens is 431 g/mol. The number of rotatable bonds is 7. The van der Waals surface area contributed by atoms with Crippen molar-refractivity contribution in [2.45, 2.75) is 10.9 Å². The predicted molar refractivity (Wildman–Crippen MR) is 104 cm³/mol. The fourth-order valence-corrected chi connectivity index (χ4v) is 3.71. The Morgan fingerprint density at radius 2 is 1.96 bits per heavy atom. The second-order valence-electron chi connectivity index (χ2n) is 5.40. The summed E-state index contributed by atoms with van der Waals surface area (Å²) in [5, 5.41) is 12.1. The molecule has 0 aliphatic carbocycles. The number of carbonyl (C=O) groups is 2. The molecule has 0 saturated carbocycles. The highest BCUT2D eigenvalue weighted by Gasteiger charge is 2.25. The summed E-state index contributed by atoms with van der Waals surface area (Å²) in [6.45, 7) is -0.824. The fraction of sp³-hybridized carbons (Fsp3) is 0.176. The largest absolute Gasteiger partial charge is 0.468 e. The summed E-state index contributed by atoms with van der Waals surface area (Å²) < 4.78 is 39.1. The van der Waals surface area contributed by atoms with Crippen molar-refractivity contribution in [2.24, 2.45) is 0 Å². The third kappa shape index (κ3) is 5.43. The van der Waals surface area contributed by atoms with Gasteiger partial charge in [0, 0.05) is 10.7 Å². The van der Waals surface area contributed by atoms with E-state index in [0.29, 0.717) is 5.02 Å². The van der Waals surface area contributed by atoms with Gasteiger partial charge in [-0.15, -0.1) is 0 Å². The van der Waals surface area contributed by atoms with Gasteiger partial charge in [-0.1, -0.05) is 23.2 Å². The van der Waals surface area contributed by atoms with Crippen LogP contribution in [0.3, 0.4) is 0 Å². The first kappa shape index (κ1) is 20.6. The number of hydrogen-bond donors (Lipinski definition) is 3. The highest BCUT2D eigenvalue weighted by Crippen LogP contribution is 2.22. The van der Waals surface area contributed by atoms with Gasteiger partial charge in [0.2, 0.25) is 10.0 Å². The Morgan fingerprint density at radius 3 is 2.54 bits per heavy atom. The van der Waals surface area contributed by atoms with Crippen LogP contribution in [0.5, 0.6) is 0 Å². The lowest BCUT2D eigenvalue weighted by molar-refractivity contribution is -0.143. The number of halogens is 2. The van der Waals surface area contributed by atoms with Crippen molar-refractivity contribution in [3.63, 3.8) is 0 Å². The maximum Gasteiger partial charge on any atom is 0.326 e. The summed E-state index contributed by atoms with van der Waals surface area (Å²) >= 11 is 11.8. The maximum absolute atomic E-state index is 12.4. The second-order valence-corrected chi connectivity index (χ2v) is 7.93. The van der Waals surface area contributed by atoms with E-state index in [-0.39, 0.29) is 16.3 Å². The second kappa shape index (κ2) is 9.35. The first-order valence-corrected chi connectivity index (χ1v) is 9.91. The third-order valence-corrected chi connectivity index (χ3v) is 5.45. The van der Waals surface area contributed by atoms with E-state index in [9.17, 15) is 18.0 Å². The molecule has 0 spiro atoms. The minimum Gasteiger partial charge on any atom is -0.468 e. The van der Waals surface area contributed by atoms with Crippen LogP contribution in [-0.2, 0) is 19.6 Å². The van der Waals surface area contributed by atoms with Crippen LogP contribution < -0.4 is 10.0 Å². The number of carbonyl (C=O) groups excluding carboxylic acids is 2. The summed E-state index contributed by atoms with van der Waals surface area (Å²) in [6, 6.07) is 5.80. The van der Waals surface area contributed by atoms with Gasteiger partial charge in [0.05, 0.1) is 30.6 Å². The van der Waals surface area contributed by atoms with Crippen molar-refractivity contribution in [1.29, 1.82) is 0 Å². The van der Waals surface area contributed by atoms with E-state index in [1.54, 1.807) is 0 Å². The average Bonchev–Trinajstić information content (AvgIpc) is 2.65. The molecule has 0 saturated heterocycles. The van der Waals surface area contributed by atoms with Gasteiger partial charge in [-0.25, -0.2) is 8.42 Å². The van der Waals surface area contributed by atoms with Gasteiger partial charge >= 0.3 is 5.97 Å². The summed E-state index contributed by atoms with van der Waals surface area (Å²) in [4.78, 5) is 23.3. The van der Waals surface area contributed by atoms with Crippen LogP contribution in [0.4, 0.5) is 5.69 Å². The Balaban J connectivity index is 2.23. The zero-order valence-corrected chi connectivity index (χ0v) is 16.7. The average molecular weight is 448 g/mol. The van der Waals surface area contributed by atoms with E-state index in [1.807, 2.05) is 4.72 Å². The molecule has 3 N–H and O–H groups in total. The van der Waals surface area contributed by atoms with Crippen molar-refractivity contribution in [2.75, 3.05) is 19.0 Å². The van der Waals surface area contributed by atoms with E-state index < -0.39 is 45.5 Å². The van der Waals surface area contributed by atoms with E-state index in [1.165, 1.54) is 24.3 Å². The molecule has 0 radical (unpaired) electrons. The van der Waals surface area contributed by atoms with Gasteiger partial charge < -0.3 is 15.2 Å². The highest BCUT2D eigenvalue weighted by molar-refractivity contribution is 7.89. The molecule has 0 heterocycles. The smallest absolute Gasteiger partial charge is 0.326 e. The van der Waals surface area contributed by atoms with Crippen LogP contribution in [0.15, 0.2) is 47.3 Å². The molecule has 0 fully saturated rings. The molecule has 2 aromatic carbocycles. The number of hydrogen-bond acceptors (Lipinski definition) is 6. The van der Waals surface area contributed by atoms with E-state index in [0.717, 1.165) is 19.2 Å². The van der Waals surface area contributed by atoms with Crippen molar-refractivity contribution in [1.82, 2.24) is 4.72 Å². The van der Waals surface area contributed by atoms with Crippen LogP contribution in [-0.4, -0.2) is 45.2 Å².